The number of benzene rings is 1. The number of nitrogens with one attached hydrogen (secondary N) is 1. The second-order valence-electron chi connectivity index (χ2n) is 3.24. The molecule has 0 bridgehead atoms. The first kappa shape index (κ1) is 12.0. The minimum absolute atomic E-state index is 0.391. The van der Waals surface area contributed by atoms with Gasteiger partial charge in [0.15, 0.2) is 0 Å². The number of aliphatic carboxylic acids is 1. The SMILES string of the molecule is CNC(Cc1ccc(N=[N+]=[N-])cc1)C(=O)O. The summed E-state index contributed by atoms with van der Waals surface area (Å²) >= 11 is 0. The summed E-state index contributed by atoms with van der Waals surface area (Å²) in [4.78, 5) is 13.4. The summed E-state index contributed by atoms with van der Waals surface area (Å²) in [6.07, 6.45) is 0.391. The molecule has 0 fully saturated rings. The average Bonchev–Trinajstić information content (AvgIpc) is 2.28. The Morgan fingerprint density at radius 3 is 2.62 bits per heavy atom. The van der Waals surface area contributed by atoms with Crippen LogP contribution in [0.25, 0.3) is 10.4 Å². The first-order valence-corrected chi connectivity index (χ1v) is 4.71. The molecule has 0 aliphatic carbocycles. The maximum atomic E-state index is 10.8. The van der Waals surface area contributed by atoms with E-state index in [1.807, 2.05) is 0 Å². The lowest BCUT2D eigenvalue weighted by atomic mass is 10.1. The zero-order valence-corrected chi connectivity index (χ0v) is 8.79. The molecule has 1 unspecified atom stereocenters. The summed E-state index contributed by atoms with van der Waals surface area (Å²) in [6, 6.07) is 6.20. The van der Waals surface area contributed by atoms with E-state index >= 15 is 0 Å². The van der Waals surface area contributed by atoms with Gasteiger partial charge in [-0.1, -0.05) is 29.4 Å². The fourth-order valence-electron chi connectivity index (χ4n) is 1.30. The Morgan fingerprint density at radius 1 is 1.56 bits per heavy atom. The van der Waals surface area contributed by atoms with Gasteiger partial charge in [0.2, 0.25) is 0 Å². The van der Waals surface area contributed by atoms with E-state index in [4.69, 9.17) is 10.6 Å². The van der Waals surface area contributed by atoms with E-state index in [1.54, 1.807) is 31.3 Å². The number of nitrogens with zero attached hydrogens (tertiary/aromatic N) is 3. The molecule has 1 aromatic rings. The van der Waals surface area contributed by atoms with Gasteiger partial charge >= 0.3 is 5.97 Å². The monoisotopic (exact) mass is 220 g/mol. The molecule has 0 amide bonds. The third-order valence-corrected chi connectivity index (χ3v) is 2.18. The highest BCUT2D eigenvalue weighted by molar-refractivity contribution is 5.73. The molecule has 16 heavy (non-hydrogen) atoms. The Bertz CT molecular complexity index is 409. The van der Waals surface area contributed by atoms with E-state index in [1.165, 1.54) is 0 Å². The molecule has 0 spiro atoms. The standard InChI is InChI=1S/C10H12N4O2/c1-12-9(10(15)16)6-7-2-4-8(5-3-7)13-14-11/h2-5,9,12H,6H2,1H3,(H,15,16). The molecule has 0 saturated carbocycles. The van der Waals surface area contributed by atoms with Gasteiger partial charge in [-0.15, -0.1) is 0 Å². The molecule has 1 atom stereocenters. The third-order valence-electron chi connectivity index (χ3n) is 2.18. The molecular weight excluding hydrogens is 208 g/mol. The van der Waals surface area contributed by atoms with Crippen molar-refractivity contribution in [3.05, 3.63) is 40.3 Å². The van der Waals surface area contributed by atoms with E-state index in [0.717, 1.165) is 5.56 Å². The summed E-state index contributed by atoms with van der Waals surface area (Å²) in [5.74, 6) is -0.887. The highest BCUT2D eigenvalue weighted by Crippen LogP contribution is 2.14. The van der Waals surface area contributed by atoms with Crippen LogP contribution in [0.1, 0.15) is 5.56 Å². The third kappa shape index (κ3) is 3.27. The number of likely N-dealkylation sites (N-methyl/N-ethyl adjacent to an activating group) is 1. The van der Waals surface area contributed by atoms with Gasteiger partial charge in [0.25, 0.3) is 0 Å². The number of carboxylic acid groups (broad SMARTS) is 1. The van der Waals surface area contributed by atoms with Crippen LogP contribution in [0.3, 0.4) is 0 Å². The minimum Gasteiger partial charge on any atom is -0.480 e. The molecular formula is C10H12N4O2. The maximum Gasteiger partial charge on any atom is 0.321 e. The molecule has 6 heteroatoms. The number of carboxylic acids is 1. The summed E-state index contributed by atoms with van der Waals surface area (Å²) in [5.41, 5.74) is 9.61. The van der Waals surface area contributed by atoms with Crippen molar-refractivity contribution in [2.45, 2.75) is 12.5 Å². The summed E-state index contributed by atoms with van der Waals surface area (Å²) in [5, 5.41) is 15.0. The Labute approximate surface area is 92.5 Å². The molecule has 6 nitrogen and oxygen atoms in total. The average molecular weight is 220 g/mol. The molecule has 0 heterocycles. The molecule has 1 rings (SSSR count). The Balaban J connectivity index is 2.74. The van der Waals surface area contributed by atoms with Crippen molar-refractivity contribution >= 4 is 11.7 Å². The second-order valence-corrected chi connectivity index (χ2v) is 3.24. The zero-order valence-electron chi connectivity index (χ0n) is 8.79. The van der Waals surface area contributed by atoms with Crippen LogP contribution in [-0.4, -0.2) is 24.2 Å². The predicted octanol–water partition coefficient (Wildman–Crippen LogP) is 1.84. The molecule has 0 saturated heterocycles. The van der Waals surface area contributed by atoms with Gasteiger partial charge in [-0.25, -0.2) is 0 Å². The Kier molecular flexibility index (Phi) is 4.32. The summed E-state index contributed by atoms with van der Waals surface area (Å²) in [6.45, 7) is 0. The van der Waals surface area contributed by atoms with Gasteiger partial charge in [0, 0.05) is 10.6 Å². The fourth-order valence-corrected chi connectivity index (χ4v) is 1.30. The van der Waals surface area contributed by atoms with Crippen LogP contribution in [0.4, 0.5) is 5.69 Å². The molecule has 0 radical (unpaired) electrons. The number of hydrogen-bond acceptors (Lipinski definition) is 3. The lowest BCUT2D eigenvalue weighted by Gasteiger charge is -2.10. The predicted molar refractivity (Wildman–Crippen MR) is 59.4 cm³/mol. The topological polar surface area (TPSA) is 98.1 Å². The van der Waals surface area contributed by atoms with Crippen molar-refractivity contribution in [2.75, 3.05) is 7.05 Å². The van der Waals surface area contributed by atoms with Gasteiger partial charge in [-0.2, -0.15) is 0 Å². The second kappa shape index (κ2) is 5.75. The van der Waals surface area contributed by atoms with Crippen LogP contribution in [0.5, 0.6) is 0 Å². The van der Waals surface area contributed by atoms with E-state index in [-0.39, 0.29) is 0 Å². The highest BCUT2D eigenvalue weighted by atomic mass is 16.4. The maximum absolute atomic E-state index is 10.8. The lowest BCUT2D eigenvalue weighted by Crippen LogP contribution is -2.35. The van der Waals surface area contributed by atoms with Crippen molar-refractivity contribution in [1.29, 1.82) is 0 Å². The van der Waals surface area contributed by atoms with E-state index in [2.05, 4.69) is 15.3 Å². The number of azide groups is 1. The van der Waals surface area contributed by atoms with Gasteiger partial charge in [-0.3, -0.25) is 4.79 Å². The normalized spacial score (nSPS) is 11.6. The van der Waals surface area contributed by atoms with Gasteiger partial charge in [-0.05, 0) is 24.6 Å². The van der Waals surface area contributed by atoms with Crippen LogP contribution in [-0.2, 0) is 11.2 Å². The largest absolute Gasteiger partial charge is 0.480 e. The highest BCUT2D eigenvalue weighted by Gasteiger charge is 2.14. The Hall–Kier alpha value is -2.04. The van der Waals surface area contributed by atoms with Crippen molar-refractivity contribution in [1.82, 2.24) is 5.32 Å². The van der Waals surface area contributed by atoms with Gasteiger partial charge in [0.1, 0.15) is 6.04 Å². The number of hydrogen-bond donors (Lipinski definition) is 2. The van der Waals surface area contributed by atoms with Crippen LogP contribution in [0.2, 0.25) is 0 Å². The van der Waals surface area contributed by atoms with Gasteiger partial charge in [0.05, 0.1) is 0 Å². The summed E-state index contributed by atoms with van der Waals surface area (Å²) in [7, 11) is 1.60. The minimum atomic E-state index is -0.887. The van der Waals surface area contributed by atoms with E-state index in [9.17, 15) is 4.79 Å². The smallest absolute Gasteiger partial charge is 0.321 e. The fraction of sp³-hybridized carbons (Fsp3) is 0.300. The van der Waals surface area contributed by atoms with Crippen molar-refractivity contribution < 1.29 is 9.90 Å². The number of rotatable bonds is 5. The number of carbonyl (C=O) groups is 1. The van der Waals surface area contributed by atoms with Crippen LogP contribution < -0.4 is 5.32 Å². The Morgan fingerprint density at radius 2 is 2.19 bits per heavy atom. The van der Waals surface area contributed by atoms with Crippen LogP contribution >= 0.6 is 0 Å². The zero-order chi connectivity index (χ0) is 12.0. The van der Waals surface area contributed by atoms with E-state index in [0.29, 0.717) is 12.1 Å². The summed E-state index contributed by atoms with van der Waals surface area (Å²) < 4.78 is 0. The molecule has 2 N–H and O–H groups in total. The molecule has 84 valence electrons. The first-order chi connectivity index (χ1) is 7.67. The quantitative estimate of drug-likeness (QED) is 0.450. The first-order valence-electron chi connectivity index (χ1n) is 4.71. The molecule has 0 aliphatic heterocycles. The van der Waals surface area contributed by atoms with Crippen LogP contribution in [0.15, 0.2) is 29.4 Å². The lowest BCUT2D eigenvalue weighted by molar-refractivity contribution is -0.139. The van der Waals surface area contributed by atoms with Crippen molar-refractivity contribution in [3.8, 4) is 0 Å². The van der Waals surface area contributed by atoms with Crippen molar-refractivity contribution in [3.63, 3.8) is 0 Å². The molecule has 1 aromatic carbocycles. The van der Waals surface area contributed by atoms with Gasteiger partial charge < -0.3 is 10.4 Å². The van der Waals surface area contributed by atoms with Crippen molar-refractivity contribution in [2.24, 2.45) is 5.11 Å². The van der Waals surface area contributed by atoms with Crippen LogP contribution in [0, 0.1) is 0 Å². The molecule has 0 aliphatic rings. The molecule has 0 aromatic heterocycles. The van der Waals surface area contributed by atoms with E-state index < -0.39 is 12.0 Å².